The molecule has 2 amide bonds. The van der Waals surface area contributed by atoms with Crippen LogP contribution in [0.2, 0.25) is 0 Å². The number of nitrogen functional groups attached to an aromatic ring is 1. The third kappa shape index (κ3) is 4.59. The van der Waals surface area contributed by atoms with Crippen molar-refractivity contribution >= 4 is 34.4 Å². The van der Waals surface area contributed by atoms with E-state index in [-0.39, 0.29) is 11.8 Å². The Balaban J connectivity index is 1.40. The van der Waals surface area contributed by atoms with Crippen LogP contribution in [0.15, 0.2) is 67.1 Å². The smallest absolute Gasteiger partial charge is 0.321 e. The Kier molecular flexibility index (Phi) is 6.18. The van der Waals surface area contributed by atoms with Crippen LogP contribution in [0.3, 0.4) is 0 Å². The second-order valence-corrected chi connectivity index (χ2v) is 9.03. The first-order valence-corrected chi connectivity index (χ1v) is 11.8. The highest BCUT2D eigenvalue weighted by Crippen LogP contribution is 2.35. The SMILES string of the molecule is CN(Cc1ccccc1)C(=O)Nc1cccc(C(=O)c2cn(C3CCCC3)c3ncnc(N)c23)c1. The van der Waals surface area contributed by atoms with Crippen molar-refractivity contribution in [3.63, 3.8) is 0 Å². The minimum Gasteiger partial charge on any atom is -0.383 e. The predicted molar refractivity (Wildman–Crippen MR) is 136 cm³/mol. The fourth-order valence-corrected chi connectivity index (χ4v) is 4.78. The van der Waals surface area contributed by atoms with Gasteiger partial charge in [0.2, 0.25) is 0 Å². The van der Waals surface area contributed by atoms with Gasteiger partial charge in [-0.25, -0.2) is 14.8 Å². The summed E-state index contributed by atoms with van der Waals surface area (Å²) in [5, 5.41) is 3.47. The Labute approximate surface area is 203 Å². The number of hydrogen-bond donors (Lipinski definition) is 2. The quantitative estimate of drug-likeness (QED) is 0.386. The van der Waals surface area contributed by atoms with Crippen molar-refractivity contribution in [2.45, 2.75) is 38.3 Å². The number of hydrogen-bond acceptors (Lipinski definition) is 5. The number of amides is 2. The summed E-state index contributed by atoms with van der Waals surface area (Å²) in [7, 11) is 1.73. The van der Waals surface area contributed by atoms with Gasteiger partial charge in [-0.15, -0.1) is 0 Å². The lowest BCUT2D eigenvalue weighted by molar-refractivity contribution is 0.104. The van der Waals surface area contributed by atoms with Gasteiger partial charge >= 0.3 is 6.03 Å². The summed E-state index contributed by atoms with van der Waals surface area (Å²) in [6, 6.07) is 16.8. The number of benzene rings is 2. The predicted octanol–water partition coefficient (Wildman–Crippen LogP) is 5.02. The summed E-state index contributed by atoms with van der Waals surface area (Å²) >= 11 is 0. The number of anilines is 2. The number of nitrogens with zero attached hydrogens (tertiary/aromatic N) is 4. The Hall–Kier alpha value is -4.20. The molecule has 0 spiro atoms. The summed E-state index contributed by atoms with van der Waals surface area (Å²) in [6.07, 6.45) is 7.74. The molecular formula is C27H28N6O2. The molecule has 2 aromatic carbocycles. The molecule has 0 saturated heterocycles. The van der Waals surface area contributed by atoms with E-state index in [0.717, 1.165) is 31.2 Å². The zero-order chi connectivity index (χ0) is 24.4. The maximum atomic E-state index is 13.6. The molecule has 0 unspecified atom stereocenters. The number of nitrogens with two attached hydrogens (primary N) is 1. The van der Waals surface area contributed by atoms with Crippen LogP contribution in [-0.4, -0.2) is 38.3 Å². The van der Waals surface area contributed by atoms with E-state index in [0.29, 0.717) is 46.3 Å². The largest absolute Gasteiger partial charge is 0.383 e. The molecule has 8 nitrogen and oxygen atoms in total. The van der Waals surface area contributed by atoms with E-state index in [1.165, 1.54) is 6.33 Å². The molecule has 1 aliphatic rings. The number of nitrogens with one attached hydrogen (secondary N) is 1. The molecule has 0 bridgehead atoms. The van der Waals surface area contributed by atoms with E-state index in [4.69, 9.17) is 5.73 Å². The summed E-state index contributed by atoms with van der Waals surface area (Å²) in [5.74, 6) is 0.115. The molecule has 178 valence electrons. The van der Waals surface area contributed by atoms with Gasteiger partial charge in [0.1, 0.15) is 17.8 Å². The number of carbonyl (C=O) groups is 2. The molecule has 8 heteroatoms. The van der Waals surface area contributed by atoms with Gasteiger partial charge in [-0.05, 0) is 30.5 Å². The third-order valence-electron chi connectivity index (χ3n) is 6.59. The van der Waals surface area contributed by atoms with Crippen molar-refractivity contribution in [3.8, 4) is 0 Å². The molecule has 3 N–H and O–H groups in total. The maximum Gasteiger partial charge on any atom is 0.321 e. The molecule has 2 aromatic heterocycles. The highest BCUT2D eigenvalue weighted by Gasteiger charge is 2.25. The minimum absolute atomic E-state index is 0.179. The van der Waals surface area contributed by atoms with Crippen molar-refractivity contribution in [3.05, 3.63) is 83.8 Å². The molecule has 0 aliphatic heterocycles. The first kappa shape index (κ1) is 22.6. The van der Waals surface area contributed by atoms with E-state index < -0.39 is 0 Å². The summed E-state index contributed by atoms with van der Waals surface area (Å²) < 4.78 is 2.08. The molecular weight excluding hydrogens is 440 g/mol. The van der Waals surface area contributed by atoms with Gasteiger partial charge in [0.05, 0.1) is 10.9 Å². The van der Waals surface area contributed by atoms with E-state index >= 15 is 0 Å². The molecule has 1 fully saturated rings. The Morgan fingerprint density at radius 2 is 1.86 bits per heavy atom. The Morgan fingerprint density at radius 1 is 1.09 bits per heavy atom. The Bertz CT molecular complexity index is 1380. The summed E-state index contributed by atoms with van der Waals surface area (Å²) in [4.78, 5) is 36.5. The fourth-order valence-electron chi connectivity index (χ4n) is 4.78. The topological polar surface area (TPSA) is 106 Å². The van der Waals surface area contributed by atoms with E-state index in [1.807, 2.05) is 36.5 Å². The van der Waals surface area contributed by atoms with Gasteiger partial charge in [0, 0.05) is 37.1 Å². The lowest BCUT2D eigenvalue weighted by Gasteiger charge is -2.18. The van der Waals surface area contributed by atoms with Crippen LogP contribution < -0.4 is 11.1 Å². The average Bonchev–Trinajstić information content (AvgIpc) is 3.53. The van der Waals surface area contributed by atoms with Gasteiger partial charge in [0.25, 0.3) is 0 Å². The van der Waals surface area contributed by atoms with Crippen LogP contribution in [0.4, 0.5) is 16.3 Å². The lowest BCUT2D eigenvalue weighted by atomic mass is 10.0. The summed E-state index contributed by atoms with van der Waals surface area (Å²) in [5.41, 5.74) is 9.41. The zero-order valence-corrected chi connectivity index (χ0v) is 19.6. The highest BCUT2D eigenvalue weighted by atomic mass is 16.2. The normalized spacial score (nSPS) is 13.7. The van der Waals surface area contributed by atoms with Crippen molar-refractivity contribution in [1.82, 2.24) is 19.4 Å². The molecule has 0 radical (unpaired) electrons. The van der Waals surface area contributed by atoms with Crippen LogP contribution in [-0.2, 0) is 6.54 Å². The molecule has 1 aliphatic carbocycles. The highest BCUT2D eigenvalue weighted by molar-refractivity contribution is 6.18. The standard InChI is InChI=1S/C27H28N6O2/c1-32(15-18-8-3-2-4-9-18)27(35)31-20-11-7-10-19(14-20)24(34)22-16-33(21-12-5-6-13-21)26-23(22)25(28)29-17-30-26/h2-4,7-11,14,16-17,21H,5-6,12-13,15H2,1H3,(H,31,35)(H2,28,29,30). The van der Waals surface area contributed by atoms with Crippen LogP contribution in [0.25, 0.3) is 11.0 Å². The van der Waals surface area contributed by atoms with Crippen LogP contribution >= 0.6 is 0 Å². The molecule has 4 aromatic rings. The molecule has 35 heavy (non-hydrogen) atoms. The zero-order valence-electron chi connectivity index (χ0n) is 19.6. The van der Waals surface area contributed by atoms with Gasteiger partial charge in [-0.3, -0.25) is 4.79 Å². The monoisotopic (exact) mass is 468 g/mol. The van der Waals surface area contributed by atoms with Crippen LogP contribution in [0.1, 0.15) is 53.2 Å². The second-order valence-electron chi connectivity index (χ2n) is 9.03. The van der Waals surface area contributed by atoms with E-state index in [9.17, 15) is 9.59 Å². The van der Waals surface area contributed by atoms with Crippen molar-refractivity contribution in [1.29, 1.82) is 0 Å². The maximum absolute atomic E-state index is 13.6. The van der Waals surface area contributed by atoms with Crippen LogP contribution in [0.5, 0.6) is 0 Å². The van der Waals surface area contributed by atoms with Gasteiger partial charge in [-0.2, -0.15) is 0 Å². The first-order valence-electron chi connectivity index (χ1n) is 11.8. The minimum atomic E-state index is -0.256. The van der Waals surface area contributed by atoms with E-state index in [1.54, 1.807) is 36.2 Å². The first-order chi connectivity index (χ1) is 17.0. The lowest BCUT2D eigenvalue weighted by Crippen LogP contribution is -2.30. The number of aromatic nitrogens is 3. The molecule has 1 saturated carbocycles. The number of urea groups is 1. The second kappa shape index (κ2) is 9.58. The number of rotatable bonds is 6. The third-order valence-corrected chi connectivity index (χ3v) is 6.59. The molecule has 0 atom stereocenters. The molecule has 2 heterocycles. The van der Waals surface area contributed by atoms with Gasteiger partial charge < -0.3 is 20.5 Å². The summed E-state index contributed by atoms with van der Waals surface area (Å²) in [6.45, 7) is 0.477. The van der Waals surface area contributed by atoms with Gasteiger partial charge in [0.15, 0.2) is 5.78 Å². The number of carbonyl (C=O) groups excluding carboxylic acids is 2. The Morgan fingerprint density at radius 3 is 2.63 bits per heavy atom. The van der Waals surface area contributed by atoms with Crippen molar-refractivity contribution in [2.24, 2.45) is 0 Å². The van der Waals surface area contributed by atoms with Crippen molar-refractivity contribution in [2.75, 3.05) is 18.1 Å². The average molecular weight is 469 g/mol. The van der Waals surface area contributed by atoms with Crippen LogP contribution in [0, 0.1) is 0 Å². The van der Waals surface area contributed by atoms with Crippen molar-refractivity contribution < 1.29 is 9.59 Å². The van der Waals surface area contributed by atoms with E-state index in [2.05, 4.69) is 19.9 Å². The fraction of sp³-hybridized carbons (Fsp3) is 0.259. The number of fused-ring (bicyclic) bond motifs is 1. The van der Waals surface area contributed by atoms with Gasteiger partial charge in [-0.1, -0.05) is 55.3 Å². The molecule has 5 rings (SSSR count). The number of ketones is 1.